The Labute approximate surface area is 119 Å². The van der Waals surface area contributed by atoms with Crippen molar-refractivity contribution in [3.05, 3.63) is 59.4 Å². The normalized spacial score (nSPS) is 10.3. The number of ketones is 1. The van der Waals surface area contributed by atoms with E-state index in [0.29, 0.717) is 17.9 Å². The van der Waals surface area contributed by atoms with E-state index in [4.69, 9.17) is 4.74 Å². The van der Waals surface area contributed by atoms with Crippen molar-refractivity contribution in [3.63, 3.8) is 0 Å². The molecule has 104 valence electrons. The molecule has 0 N–H and O–H groups in total. The van der Waals surface area contributed by atoms with E-state index in [9.17, 15) is 4.79 Å². The summed E-state index contributed by atoms with van der Waals surface area (Å²) in [5.74, 6) is 0.642. The van der Waals surface area contributed by atoms with Crippen LogP contribution in [0.2, 0.25) is 0 Å². The molecular weight excluding hydrogens is 250 g/mol. The van der Waals surface area contributed by atoms with Crippen LogP contribution in [-0.2, 0) is 6.42 Å². The van der Waals surface area contributed by atoms with Gasteiger partial charge in [0, 0.05) is 17.3 Å². The highest BCUT2D eigenvalue weighted by atomic mass is 16.5. The van der Waals surface area contributed by atoms with Crippen LogP contribution in [0.3, 0.4) is 0 Å². The van der Waals surface area contributed by atoms with Gasteiger partial charge >= 0.3 is 0 Å². The SMILES string of the molecule is CCCOc1cncc(C(=O)c2ccccc2CC)c1. The number of hydrogen-bond acceptors (Lipinski definition) is 3. The molecule has 0 saturated heterocycles. The van der Waals surface area contributed by atoms with Crippen molar-refractivity contribution in [3.8, 4) is 5.75 Å². The highest BCUT2D eigenvalue weighted by Gasteiger charge is 2.13. The molecule has 0 aliphatic carbocycles. The van der Waals surface area contributed by atoms with Gasteiger partial charge in [-0.1, -0.05) is 38.1 Å². The summed E-state index contributed by atoms with van der Waals surface area (Å²) in [7, 11) is 0. The molecule has 20 heavy (non-hydrogen) atoms. The van der Waals surface area contributed by atoms with Gasteiger partial charge in [-0.2, -0.15) is 0 Å². The van der Waals surface area contributed by atoms with Crippen molar-refractivity contribution in [2.24, 2.45) is 0 Å². The summed E-state index contributed by atoms with van der Waals surface area (Å²) in [6.45, 7) is 4.72. The Hall–Kier alpha value is -2.16. The first-order valence-electron chi connectivity index (χ1n) is 6.96. The molecule has 1 aromatic heterocycles. The van der Waals surface area contributed by atoms with E-state index in [1.165, 1.54) is 0 Å². The number of aromatic nitrogens is 1. The fraction of sp³-hybridized carbons (Fsp3) is 0.294. The lowest BCUT2D eigenvalue weighted by Crippen LogP contribution is -2.06. The molecule has 0 aliphatic heterocycles. The molecule has 2 aromatic rings. The number of carbonyl (C=O) groups excluding carboxylic acids is 1. The Morgan fingerprint density at radius 1 is 1.20 bits per heavy atom. The Morgan fingerprint density at radius 2 is 2.00 bits per heavy atom. The Bertz CT molecular complexity index is 593. The van der Waals surface area contributed by atoms with E-state index in [2.05, 4.69) is 4.98 Å². The predicted molar refractivity (Wildman–Crippen MR) is 79.3 cm³/mol. The van der Waals surface area contributed by atoms with Crippen LogP contribution in [0.4, 0.5) is 0 Å². The molecule has 0 unspecified atom stereocenters. The zero-order valence-electron chi connectivity index (χ0n) is 11.9. The first-order valence-corrected chi connectivity index (χ1v) is 6.96. The van der Waals surface area contributed by atoms with Crippen LogP contribution in [0.1, 0.15) is 41.8 Å². The van der Waals surface area contributed by atoms with E-state index in [0.717, 1.165) is 24.0 Å². The number of pyridine rings is 1. The van der Waals surface area contributed by atoms with Gasteiger partial charge in [0.2, 0.25) is 0 Å². The van der Waals surface area contributed by atoms with Crippen molar-refractivity contribution in [1.29, 1.82) is 0 Å². The lowest BCUT2D eigenvalue weighted by molar-refractivity contribution is 0.103. The average Bonchev–Trinajstić information content (AvgIpc) is 2.52. The summed E-state index contributed by atoms with van der Waals surface area (Å²) in [4.78, 5) is 16.7. The number of hydrogen-bond donors (Lipinski definition) is 0. The maximum Gasteiger partial charge on any atom is 0.194 e. The van der Waals surface area contributed by atoms with Gasteiger partial charge in [0.15, 0.2) is 5.78 Å². The van der Waals surface area contributed by atoms with Crippen molar-refractivity contribution in [1.82, 2.24) is 4.98 Å². The van der Waals surface area contributed by atoms with Crippen molar-refractivity contribution in [2.75, 3.05) is 6.61 Å². The number of benzene rings is 1. The van der Waals surface area contributed by atoms with Gasteiger partial charge in [0.1, 0.15) is 5.75 Å². The van der Waals surface area contributed by atoms with Crippen LogP contribution < -0.4 is 4.74 Å². The van der Waals surface area contributed by atoms with Gasteiger partial charge in [-0.25, -0.2) is 0 Å². The van der Waals surface area contributed by atoms with Crippen LogP contribution in [0.25, 0.3) is 0 Å². The standard InChI is InChI=1S/C17H19NO2/c1-3-9-20-15-10-14(11-18-12-15)17(19)16-8-6-5-7-13(16)4-2/h5-8,10-12H,3-4,9H2,1-2H3. The first kappa shape index (κ1) is 14.3. The molecule has 1 aromatic carbocycles. The molecule has 0 aliphatic rings. The summed E-state index contributed by atoms with van der Waals surface area (Å²) in [6.07, 6.45) is 4.99. The first-order chi connectivity index (χ1) is 9.76. The molecule has 3 nitrogen and oxygen atoms in total. The molecule has 2 rings (SSSR count). The molecule has 0 amide bonds. The van der Waals surface area contributed by atoms with Crippen LogP contribution in [0, 0.1) is 0 Å². The molecule has 1 heterocycles. The molecule has 0 radical (unpaired) electrons. The van der Waals surface area contributed by atoms with E-state index >= 15 is 0 Å². The minimum absolute atomic E-state index is 0.00287. The van der Waals surface area contributed by atoms with Gasteiger partial charge in [-0.15, -0.1) is 0 Å². The monoisotopic (exact) mass is 269 g/mol. The Morgan fingerprint density at radius 3 is 2.75 bits per heavy atom. The Balaban J connectivity index is 2.28. The van der Waals surface area contributed by atoms with Crippen LogP contribution in [0.15, 0.2) is 42.7 Å². The molecule has 0 saturated carbocycles. The molecule has 3 heteroatoms. The Kier molecular flexibility index (Phi) is 4.88. The summed E-state index contributed by atoms with van der Waals surface area (Å²) >= 11 is 0. The second kappa shape index (κ2) is 6.85. The number of ether oxygens (including phenoxy) is 1. The highest BCUT2D eigenvalue weighted by Crippen LogP contribution is 2.18. The van der Waals surface area contributed by atoms with Gasteiger partial charge in [0.25, 0.3) is 0 Å². The predicted octanol–water partition coefficient (Wildman–Crippen LogP) is 3.66. The maximum atomic E-state index is 12.6. The zero-order valence-corrected chi connectivity index (χ0v) is 11.9. The van der Waals surface area contributed by atoms with Gasteiger partial charge in [-0.05, 0) is 24.5 Å². The van der Waals surface area contributed by atoms with E-state index in [1.54, 1.807) is 18.5 Å². The summed E-state index contributed by atoms with van der Waals surface area (Å²) in [6, 6.07) is 9.45. The third-order valence-corrected chi connectivity index (χ3v) is 3.09. The van der Waals surface area contributed by atoms with Crippen LogP contribution in [-0.4, -0.2) is 17.4 Å². The lowest BCUT2D eigenvalue weighted by Gasteiger charge is -2.08. The molecule has 0 spiro atoms. The summed E-state index contributed by atoms with van der Waals surface area (Å²) in [5.41, 5.74) is 2.36. The summed E-state index contributed by atoms with van der Waals surface area (Å²) < 4.78 is 5.52. The second-order valence-electron chi connectivity index (χ2n) is 4.60. The number of rotatable bonds is 6. The molecular formula is C17H19NO2. The highest BCUT2D eigenvalue weighted by molar-refractivity contribution is 6.09. The zero-order chi connectivity index (χ0) is 14.4. The third kappa shape index (κ3) is 3.23. The maximum absolute atomic E-state index is 12.6. The number of aryl methyl sites for hydroxylation is 1. The van der Waals surface area contributed by atoms with Crippen LogP contribution in [0.5, 0.6) is 5.75 Å². The van der Waals surface area contributed by atoms with Gasteiger partial charge in [0.05, 0.1) is 12.8 Å². The lowest BCUT2D eigenvalue weighted by atomic mass is 9.98. The average molecular weight is 269 g/mol. The van der Waals surface area contributed by atoms with Gasteiger partial charge < -0.3 is 4.74 Å². The fourth-order valence-corrected chi connectivity index (χ4v) is 2.05. The van der Waals surface area contributed by atoms with E-state index < -0.39 is 0 Å². The van der Waals surface area contributed by atoms with E-state index in [1.807, 2.05) is 38.1 Å². The third-order valence-electron chi connectivity index (χ3n) is 3.09. The second-order valence-corrected chi connectivity index (χ2v) is 4.60. The summed E-state index contributed by atoms with van der Waals surface area (Å²) in [5, 5.41) is 0. The molecule has 0 bridgehead atoms. The van der Waals surface area contributed by atoms with Gasteiger partial charge in [-0.3, -0.25) is 9.78 Å². The fourth-order valence-electron chi connectivity index (χ4n) is 2.05. The largest absolute Gasteiger partial charge is 0.492 e. The number of carbonyl (C=O) groups is 1. The molecule has 0 fully saturated rings. The van der Waals surface area contributed by atoms with Crippen LogP contribution >= 0.6 is 0 Å². The topological polar surface area (TPSA) is 39.2 Å². The van der Waals surface area contributed by atoms with E-state index in [-0.39, 0.29) is 5.78 Å². The molecule has 0 atom stereocenters. The quantitative estimate of drug-likeness (QED) is 0.751. The minimum Gasteiger partial charge on any atom is -0.492 e. The minimum atomic E-state index is -0.00287. The van der Waals surface area contributed by atoms with Crippen molar-refractivity contribution < 1.29 is 9.53 Å². The number of nitrogens with zero attached hydrogens (tertiary/aromatic N) is 1. The smallest absolute Gasteiger partial charge is 0.194 e. The van der Waals surface area contributed by atoms with Crippen molar-refractivity contribution in [2.45, 2.75) is 26.7 Å². The van der Waals surface area contributed by atoms with Crippen molar-refractivity contribution >= 4 is 5.78 Å².